The highest BCUT2D eigenvalue weighted by molar-refractivity contribution is 4.77. The van der Waals surface area contributed by atoms with Crippen molar-refractivity contribution < 1.29 is 0 Å². The zero-order chi connectivity index (χ0) is 11.1. The molecule has 1 heterocycles. The molecule has 88 valence electrons. The highest BCUT2D eigenvalue weighted by atomic mass is 15.2. The second kappa shape index (κ2) is 6.99. The van der Waals surface area contributed by atoms with E-state index in [1.54, 1.807) is 0 Å². The third kappa shape index (κ3) is 4.78. The van der Waals surface area contributed by atoms with Gasteiger partial charge in [0.25, 0.3) is 0 Å². The SMILES string of the molecule is C=CCN(CCN1CCNCC1)C(C)C. The number of piperazine rings is 1. The molecule has 0 aromatic heterocycles. The maximum atomic E-state index is 3.81. The van der Waals surface area contributed by atoms with Crippen LogP contribution in [0.2, 0.25) is 0 Å². The fourth-order valence-corrected chi connectivity index (χ4v) is 1.93. The van der Waals surface area contributed by atoms with Gasteiger partial charge in [0.15, 0.2) is 0 Å². The van der Waals surface area contributed by atoms with Crippen molar-refractivity contribution in [3.05, 3.63) is 12.7 Å². The summed E-state index contributed by atoms with van der Waals surface area (Å²) in [5, 5.41) is 3.38. The minimum absolute atomic E-state index is 0.617. The highest BCUT2D eigenvalue weighted by Gasteiger charge is 2.12. The van der Waals surface area contributed by atoms with Crippen LogP contribution < -0.4 is 5.32 Å². The molecule has 1 fully saturated rings. The van der Waals surface area contributed by atoms with Gasteiger partial charge >= 0.3 is 0 Å². The van der Waals surface area contributed by atoms with Crippen LogP contribution in [-0.4, -0.2) is 61.7 Å². The van der Waals surface area contributed by atoms with Gasteiger partial charge in [0, 0.05) is 51.9 Å². The molecule has 15 heavy (non-hydrogen) atoms. The summed E-state index contributed by atoms with van der Waals surface area (Å²) in [5.41, 5.74) is 0. The van der Waals surface area contributed by atoms with Gasteiger partial charge in [-0.2, -0.15) is 0 Å². The van der Waals surface area contributed by atoms with Crippen molar-refractivity contribution in [3.8, 4) is 0 Å². The first kappa shape index (κ1) is 12.7. The zero-order valence-corrected chi connectivity index (χ0v) is 10.2. The van der Waals surface area contributed by atoms with E-state index in [0.717, 1.165) is 26.2 Å². The van der Waals surface area contributed by atoms with Crippen LogP contribution in [0.1, 0.15) is 13.8 Å². The van der Waals surface area contributed by atoms with Crippen LogP contribution in [0.15, 0.2) is 12.7 Å². The summed E-state index contributed by atoms with van der Waals surface area (Å²) in [7, 11) is 0. The second-order valence-electron chi connectivity index (χ2n) is 4.47. The van der Waals surface area contributed by atoms with Crippen molar-refractivity contribution >= 4 is 0 Å². The summed E-state index contributed by atoms with van der Waals surface area (Å²) < 4.78 is 0. The first-order valence-corrected chi connectivity index (χ1v) is 6.02. The maximum Gasteiger partial charge on any atom is 0.0163 e. The molecular formula is C12H25N3. The molecule has 1 aliphatic rings. The van der Waals surface area contributed by atoms with Crippen LogP contribution in [0.25, 0.3) is 0 Å². The lowest BCUT2D eigenvalue weighted by atomic mass is 10.3. The summed E-state index contributed by atoms with van der Waals surface area (Å²) in [6, 6.07) is 0.617. The van der Waals surface area contributed by atoms with E-state index in [1.165, 1.54) is 19.6 Å². The molecule has 1 aliphatic heterocycles. The van der Waals surface area contributed by atoms with Crippen molar-refractivity contribution in [2.45, 2.75) is 19.9 Å². The molecular weight excluding hydrogens is 186 g/mol. The van der Waals surface area contributed by atoms with Crippen LogP contribution in [0.3, 0.4) is 0 Å². The van der Waals surface area contributed by atoms with Crippen molar-refractivity contribution in [1.29, 1.82) is 0 Å². The highest BCUT2D eigenvalue weighted by Crippen LogP contribution is 2.00. The summed E-state index contributed by atoms with van der Waals surface area (Å²) in [4.78, 5) is 5.00. The Kier molecular flexibility index (Phi) is 5.91. The average molecular weight is 211 g/mol. The third-order valence-electron chi connectivity index (χ3n) is 3.01. The van der Waals surface area contributed by atoms with E-state index in [-0.39, 0.29) is 0 Å². The minimum atomic E-state index is 0.617. The fraction of sp³-hybridized carbons (Fsp3) is 0.833. The van der Waals surface area contributed by atoms with Crippen molar-refractivity contribution in [1.82, 2.24) is 15.1 Å². The lowest BCUT2D eigenvalue weighted by molar-refractivity contribution is 0.176. The number of rotatable bonds is 6. The van der Waals surface area contributed by atoms with Gasteiger partial charge in [-0.05, 0) is 13.8 Å². The normalized spacial score (nSPS) is 18.7. The predicted molar refractivity (Wildman–Crippen MR) is 66.2 cm³/mol. The van der Waals surface area contributed by atoms with E-state index in [0.29, 0.717) is 6.04 Å². The molecule has 0 amide bonds. The molecule has 0 aromatic rings. The van der Waals surface area contributed by atoms with Crippen molar-refractivity contribution in [2.75, 3.05) is 45.8 Å². The number of nitrogens with zero attached hydrogens (tertiary/aromatic N) is 2. The molecule has 0 aliphatic carbocycles. The first-order valence-electron chi connectivity index (χ1n) is 6.02. The molecule has 1 N–H and O–H groups in total. The Balaban J connectivity index is 2.22. The standard InChI is InChI=1S/C12H25N3/c1-4-7-15(12(2)3)11-10-14-8-5-13-6-9-14/h4,12-13H,1,5-11H2,2-3H3. The quantitative estimate of drug-likeness (QED) is 0.655. The van der Waals surface area contributed by atoms with Gasteiger partial charge in [-0.1, -0.05) is 6.08 Å². The summed E-state index contributed by atoms with van der Waals surface area (Å²) >= 11 is 0. The van der Waals surface area contributed by atoms with Gasteiger partial charge in [0.05, 0.1) is 0 Å². The van der Waals surface area contributed by atoms with E-state index >= 15 is 0 Å². The van der Waals surface area contributed by atoms with E-state index in [2.05, 4.69) is 35.5 Å². The van der Waals surface area contributed by atoms with Crippen molar-refractivity contribution in [3.63, 3.8) is 0 Å². The number of nitrogens with one attached hydrogen (secondary N) is 1. The van der Waals surface area contributed by atoms with Crippen LogP contribution in [0.5, 0.6) is 0 Å². The molecule has 0 aromatic carbocycles. The molecule has 0 atom stereocenters. The molecule has 0 bridgehead atoms. The number of hydrogen-bond acceptors (Lipinski definition) is 3. The fourth-order valence-electron chi connectivity index (χ4n) is 1.93. The van der Waals surface area contributed by atoms with E-state index in [1.807, 2.05) is 6.08 Å². The third-order valence-corrected chi connectivity index (χ3v) is 3.01. The second-order valence-corrected chi connectivity index (χ2v) is 4.47. The van der Waals surface area contributed by atoms with Crippen LogP contribution in [-0.2, 0) is 0 Å². The first-order chi connectivity index (χ1) is 7.24. The number of hydrogen-bond donors (Lipinski definition) is 1. The van der Waals surface area contributed by atoms with Crippen LogP contribution in [0.4, 0.5) is 0 Å². The van der Waals surface area contributed by atoms with Gasteiger partial charge in [-0.15, -0.1) is 6.58 Å². The molecule has 0 saturated carbocycles. The van der Waals surface area contributed by atoms with Gasteiger partial charge in [-0.3, -0.25) is 9.80 Å². The summed E-state index contributed by atoms with van der Waals surface area (Å²) in [5.74, 6) is 0. The van der Waals surface area contributed by atoms with Gasteiger partial charge < -0.3 is 5.32 Å². The Hall–Kier alpha value is -0.380. The van der Waals surface area contributed by atoms with E-state index < -0.39 is 0 Å². The van der Waals surface area contributed by atoms with Gasteiger partial charge in [-0.25, -0.2) is 0 Å². The van der Waals surface area contributed by atoms with Crippen LogP contribution >= 0.6 is 0 Å². The summed E-state index contributed by atoms with van der Waals surface area (Å²) in [6.07, 6.45) is 2.00. The average Bonchev–Trinajstić information content (AvgIpc) is 2.25. The Labute approximate surface area is 94.1 Å². The summed E-state index contributed by atoms with van der Waals surface area (Å²) in [6.45, 7) is 16.3. The van der Waals surface area contributed by atoms with E-state index in [4.69, 9.17) is 0 Å². The van der Waals surface area contributed by atoms with Crippen LogP contribution in [0, 0.1) is 0 Å². The Bertz CT molecular complexity index is 174. The van der Waals surface area contributed by atoms with Gasteiger partial charge in [0.2, 0.25) is 0 Å². The maximum absolute atomic E-state index is 3.81. The molecule has 0 unspecified atom stereocenters. The molecule has 0 spiro atoms. The largest absolute Gasteiger partial charge is 0.314 e. The molecule has 3 heteroatoms. The predicted octanol–water partition coefficient (Wildman–Crippen LogP) is 0.788. The smallest absolute Gasteiger partial charge is 0.0163 e. The Morgan fingerprint density at radius 1 is 1.40 bits per heavy atom. The minimum Gasteiger partial charge on any atom is -0.314 e. The lowest BCUT2D eigenvalue weighted by Crippen LogP contribution is -2.47. The molecule has 1 saturated heterocycles. The molecule has 0 radical (unpaired) electrons. The van der Waals surface area contributed by atoms with E-state index in [9.17, 15) is 0 Å². The van der Waals surface area contributed by atoms with Gasteiger partial charge in [0.1, 0.15) is 0 Å². The Morgan fingerprint density at radius 2 is 2.07 bits per heavy atom. The van der Waals surface area contributed by atoms with Crippen molar-refractivity contribution in [2.24, 2.45) is 0 Å². The molecule has 3 nitrogen and oxygen atoms in total. The topological polar surface area (TPSA) is 18.5 Å². The molecule has 1 rings (SSSR count). The zero-order valence-electron chi connectivity index (χ0n) is 10.2. The monoisotopic (exact) mass is 211 g/mol. The lowest BCUT2D eigenvalue weighted by Gasteiger charge is -2.31. The Morgan fingerprint density at radius 3 is 2.60 bits per heavy atom.